The summed E-state index contributed by atoms with van der Waals surface area (Å²) >= 11 is 3.54. The lowest BCUT2D eigenvalue weighted by molar-refractivity contribution is -0.132. The van der Waals surface area contributed by atoms with E-state index in [4.69, 9.17) is 0 Å². The van der Waals surface area contributed by atoms with E-state index < -0.39 is 17.8 Å². The van der Waals surface area contributed by atoms with Gasteiger partial charge in [-0.15, -0.1) is 0 Å². The lowest BCUT2D eigenvalue weighted by Crippen LogP contribution is -2.58. The van der Waals surface area contributed by atoms with Gasteiger partial charge in [0.05, 0.1) is 11.4 Å². The molecule has 6 rings (SSSR count). The molecule has 2 heterocycles. The average molecular weight is 595 g/mol. The molecule has 4 amide bonds. The van der Waals surface area contributed by atoms with E-state index in [0.717, 1.165) is 64.8 Å². The fraction of sp³-hybridized carbons (Fsp3) is 0.182. The highest BCUT2D eigenvalue weighted by molar-refractivity contribution is 9.10. The van der Waals surface area contributed by atoms with Gasteiger partial charge in [-0.1, -0.05) is 95.9 Å². The zero-order valence-electron chi connectivity index (χ0n) is 21.8. The molecule has 1 aliphatic heterocycles. The second-order valence-electron chi connectivity index (χ2n) is 10.2. The number of rotatable bonds is 5. The van der Waals surface area contributed by atoms with Crippen molar-refractivity contribution < 1.29 is 14.4 Å². The van der Waals surface area contributed by atoms with E-state index >= 15 is 0 Å². The van der Waals surface area contributed by atoms with E-state index in [1.807, 2.05) is 91.0 Å². The number of hydrogen-bond donors (Lipinski definition) is 1. The second-order valence-corrected chi connectivity index (χ2v) is 11.1. The van der Waals surface area contributed by atoms with E-state index in [0.29, 0.717) is 5.56 Å². The largest absolute Gasteiger partial charge is 0.331 e. The molecule has 0 atom stereocenters. The highest BCUT2D eigenvalue weighted by atomic mass is 79.9. The predicted octanol–water partition coefficient (Wildman–Crippen LogP) is 7.37. The number of imide groups is 2. The minimum atomic E-state index is -0.668. The molecule has 0 unspecified atom stereocenters. The Bertz CT molecular complexity index is 1600. The summed E-state index contributed by atoms with van der Waals surface area (Å²) in [5, 5.41) is 2.42. The van der Waals surface area contributed by atoms with Gasteiger partial charge < -0.3 is 4.57 Å². The Morgan fingerprint density at radius 1 is 0.775 bits per heavy atom. The summed E-state index contributed by atoms with van der Waals surface area (Å²) in [6.07, 6.45) is 6.17. The number of amides is 4. The number of nitrogens with zero attached hydrogens (tertiary/aromatic N) is 2. The molecule has 1 aliphatic carbocycles. The van der Waals surface area contributed by atoms with Crippen molar-refractivity contribution in [3.8, 4) is 28.2 Å². The average Bonchev–Trinajstić information content (AvgIpc) is 3.36. The van der Waals surface area contributed by atoms with Crippen molar-refractivity contribution in [3.05, 3.63) is 107 Å². The molecule has 2 aliphatic rings. The Labute approximate surface area is 241 Å². The molecule has 0 bridgehead atoms. The maximum absolute atomic E-state index is 13.7. The van der Waals surface area contributed by atoms with Crippen LogP contribution in [0.2, 0.25) is 0 Å². The first kappa shape index (κ1) is 26.0. The highest BCUT2D eigenvalue weighted by Gasteiger charge is 2.40. The van der Waals surface area contributed by atoms with Crippen molar-refractivity contribution >= 4 is 39.9 Å². The topological polar surface area (TPSA) is 71.4 Å². The first-order valence-electron chi connectivity index (χ1n) is 13.5. The van der Waals surface area contributed by atoms with Crippen LogP contribution in [0, 0.1) is 0 Å². The third-order valence-electron chi connectivity index (χ3n) is 7.60. The second kappa shape index (κ2) is 11.1. The number of benzene rings is 3. The van der Waals surface area contributed by atoms with Crippen molar-refractivity contribution in [2.75, 3.05) is 0 Å². The summed E-state index contributed by atoms with van der Waals surface area (Å²) in [5.41, 5.74) is 5.30. The zero-order valence-corrected chi connectivity index (χ0v) is 23.4. The van der Waals surface area contributed by atoms with Crippen LogP contribution in [-0.4, -0.2) is 33.4 Å². The van der Waals surface area contributed by atoms with Gasteiger partial charge in [-0.3, -0.25) is 19.8 Å². The number of aromatic nitrogens is 1. The van der Waals surface area contributed by atoms with Crippen molar-refractivity contribution in [2.45, 2.75) is 38.1 Å². The molecule has 1 saturated heterocycles. The highest BCUT2D eigenvalue weighted by Crippen LogP contribution is 2.38. The standard InChI is InChI=1S/C33H28BrN3O3/c34-25-16-18-27(19-17-25)36-29(22-10-4-1-5-11-22)21-24(30(36)23-12-6-2-7-13-23)20-28-31(38)35-33(40)37(32(28)39)26-14-8-3-9-15-26/h1-2,4-7,10-13,16-21,26H,3,8-9,14-15H2,(H,35,38,40). The monoisotopic (exact) mass is 593 g/mol. The summed E-state index contributed by atoms with van der Waals surface area (Å²) < 4.78 is 3.11. The summed E-state index contributed by atoms with van der Waals surface area (Å²) in [6, 6.07) is 29.2. The quantitative estimate of drug-likeness (QED) is 0.194. The van der Waals surface area contributed by atoms with Gasteiger partial charge in [-0.05, 0) is 60.4 Å². The van der Waals surface area contributed by atoms with Crippen LogP contribution in [-0.2, 0) is 9.59 Å². The summed E-state index contributed by atoms with van der Waals surface area (Å²) in [5.74, 6) is -1.20. The minimum absolute atomic E-state index is 0.0325. The Morgan fingerprint density at radius 3 is 2.05 bits per heavy atom. The van der Waals surface area contributed by atoms with Gasteiger partial charge in [0.1, 0.15) is 5.57 Å². The van der Waals surface area contributed by atoms with Gasteiger partial charge in [-0.25, -0.2) is 4.79 Å². The Kier molecular flexibility index (Phi) is 7.22. The van der Waals surface area contributed by atoms with Gasteiger partial charge in [0.2, 0.25) is 0 Å². The maximum Gasteiger partial charge on any atom is 0.331 e. The maximum atomic E-state index is 13.7. The zero-order chi connectivity index (χ0) is 27.6. The smallest absolute Gasteiger partial charge is 0.309 e. The van der Waals surface area contributed by atoms with Crippen LogP contribution in [0.5, 0.6) is 0 Å². The van der Waals surface area contributed by atoms with Crippen LogP contribution in [0.4, 0.5) is 4.79 Å². The number of urea groups is 1. The van der Waals surface area contributed by atoms with Crippen LogP contribution in [0.15, 0.2) is 101 Å². The SMILES string of the molecule is O=C1NC(=O)N(C2CCCCC2)C(=O)C1=Cc1cc(-c2ccccc2)n(-c2ccc(Br)cc2)c1-c1ccccc1. The molecule has 3 aromatic carbocycles. The van der Waals surface area contributed by atoms with E-state index in [1.165, 1.54) is 4.90 Å². The molecule has 0 spiro atoms. The number of carbonyl (C=O) groups is 3. The fourth-order valence-corrected chi connectivity index (χ4v) is 5.97. The van der Waals surface area contributed by atoms with E-state index in [9.17, 15) is 14.4 Å². The number of carbonyl (C=O) groups excluding carboxylic acids is 3. The Morgan fingerprint density at radius 2 is 1.40 bits per heavy atom. The van der Waals surface area contributed by atoms with Crippen LogP contribution in [0.1, 0.15) is 37.7 Å². The Balaban J connectivity index is 1.57. The predicted molar refractivity (Wildman–Crippen MR) is 160 cm³/mol. The molecule has 6 nitrogen and oxygen atoms in total. The minimum Gasteiger partial charge on any atom is -0.309 e. The molecule has 1 saturated carbocycles. The van der Waals surface area contributed by atoms with Gasteiger partial charge in [0.15, 0.2) is 0 Å². The van der Waals surface area contributed by atoms with Crippen LogP contribution in [0.3, 0.4) is 0 Å². The van der Waals surface area contributed by atoms with E-state index in [1.54, 1.807) is 6.08 Å². The van der Waals surface area contributed by atoms with Gasteiger partial charge in [0.25, 0.3) is 11.8 Å². The fourth-order valence-electron chi connectivity index (χ4n) is 5.71. The van der Waals surface area contributed by atoms with E-state index in [2.05, 4.69) is 25.8 Å². The molecular formula is C33H28BrN3O3. The molecule has 40 heavy (non-hydrogen) atoms. The molecule has 1 N–H and O–H groups in total. The number of barbiturate groups is 1. The van der Waals surface area contributed by atoms with Crippen molar-refractivity contribution in [3.63, 3.8) is 0 Å². The molecular weight excluding hydrogens is 566 g/mol. The molecule has 0 radical (unpaired) electrons. The van der Waals surface area contributed by atoms with Crippen molar-refractivity contribution in [2.24, 2.45) is 0 Å². The van der Waals surface area contributed by atoms with Crippen LogP contribution < -0.4 is 5.32 Å². The molecule has 7 heteroatoms. The Hall–Kier alpha value is -4.23. The number of halogens is 1. The number of nitrogens with one attached hydrogen (secondary N) is 1. The lowest BCUT2D eigenvalue weighted by Gasteiger charge is -2.35. The van der Waals surface area contributed by atoms with Gasteiger partial charge in [0, 0.05) is 21.8 Å². The van der Waals surface area contributed by atoms with Crippen LogP contribution in [0.25, 0.3) is 34.3 Å². The number of hydrogen-bond acceptors (Lipinski definition) is 3. The molecule has 4 aromatic rings. The van der Waals surface area contributed by atoms with Crippen LogP contribution >= 0.6 is 15.9 Å². The molecule has 1 aromatic heterocycles. The third-order valence-corrected chi connectivity index (χ3v) is 8.13. The van der Waals surface area contributed by atoms with Crippen molar-refractivity contribution in [1.82, 2.24) is 14.8 Å². The third kappa shape index (κ3) is 4.93. The molecule has 200 valence electrons. The first-order valence-corrected chi connectivity index (χ1v) is 14.3. The van der Waals surface area contributed by atoms with E-state index in [-0.39, 0.29) is 11.6 Å². The summed E-state index contributed by atoms with van der Waals surface area (Å²) in [4.78, 5) is 40.9. The molecule has 2 fully saturated rings. The summed E-state index contributed by atoms with van der Waals surface area (Å²) in [6.45, 7) is 0. The normalized spacial score (nSPS) is 17.4. The first-order chi connectivity index (χ1) is 19.5. The van der Waals surface area contributed by atoms with Gasteiger partial charge >= 0.3 is 6.03 Å². The van der Waals surface area contributed by atoms with Gasteiger partial charge in [-0.2, -0.15) is 0 Å². The van der Waals surface area contributed by atoms with Crippen molar-refractivity contribution in [1.29, 1.82) is 0 Å². The lowest BCUT2D eigenvalue weighted by atomic mass is 9.93. The summed E-state index contributed by atoms with van der Waals surface area (Å²) in [7, 11) is 0.